The highest BCUT2D eigenvalue weighted by atomic mass is 16.2. The number of hydrogen-bond acceptors (Lipinski definition) is 5. The van der Waals surface area contributed by atoms with E-state index in [2.05, 4.69) is 39.0 Å². The number of nitrogens with zero attached hydrogens (tertiary/aromatic N) is 3. The number of Topliss-reactive ketones (excluding diaryl/α,β-unsaturated/α-hetero) is 1. The Morgan fingerprint density at radius 1 is 0.892 bits per heavy atom. The minimum absolute atomic E-state index is 0.0227. The summed E-state index contributed by atoms with van der Waals surface area (Å²) in [5, 5.41) is 0.402. The van der Waals surface area contributed by atoms with Crippen LogP contribution in [0.1, 0.15) is 34.3 Å². The number of carbonyl (C=O) groups is 1. The Hall–Kier alpha value is -3.97. The van der Waals surface area contributed by atoms with Gasteiger partial charge in [0.25, 0.3) is 5.56 Å². The molecule has 1 N–H and O–H groups in total. The number of benzene rings is 3. The molecule has 3 aromatic carbocycles. The molecule has 7 nitrogen and oxygen atoms in total. The normalized spacial score (nSPS) is 14.2. The number of nitrogens with one attached hydrogen (secondary N) is 1. The molecule has 37 heavy (non-hydrogen) atoms. The lowest BCUT2D eigenvalue weighted by Crippen LogP contribution is -2.46. The van der Waals surface area contributed by atoms with Crippen molar-refractivity contribution in [2.24, 2.45) is 0 Å². The van der Waals surface area contributed by atoms with E-state index in [4.69, 9.17) is 0 Å². The van der Waals surface area contributed by atoms with Crippen molar-refractivity contribution in [3.63, 3.8) is 0 Å². The van der Waals surface area contributed by atoms with Crippen molar-refractivity contribution in [3.05, 3.63) is 110 Å². The molecule has 1 aromatic heterocycles. The zero-order chi connectivity index (χ0) is 25.8. The highest BCUT2D eigenvalue weighted by Crippen LogP contribution is 2.17. The number of rotatable bonds is 8. The molecule has 0 aliphatic carbocycles. The van der Waals surface area contributed by atoms with E-state index in [1.165, 1.54) is 10.3 Å². The van der Waals surface area contributed by atoms with Crippen LogP contribution in [-0.4, -0.2) is 53.0 Å². The fourth-order valence-corrected chi connectivity index (χ4v) is 4.92. The number of carbonyl (C=O) groups excluding carboxylic acids is 1. The number of fused-ring (bicyclic) bond motifs is 1. The lowest BCUT2D eigenvalue weighted by atomic mass is 10.0. The largest absolute Gasteiger partial charge is 0.369 e. The molecule has 0 unspecified atom stereocenters. The van der Waals surface area contributed by atoms with Crippen LogP contribution in [-0.2, 0) is 6.54 Å². The maximum atomic E-state index is 13.0. The lowest BCUT2D eigenvalue weighted by molar-refractivity contribution is 0.0974. The Kier molecular flexibility index (Phi) is 7.32. The molecule has 0 bridgehead atoms. The van der Waals surface area contributed by atoms with Gasteiger partial charge in [-0.15, -0.1) is 0 Å². The van der Waals surface area contributed by atoms with Crippen molar-refractivity contribution in [3.8, 4) is 0 Å². The van der Waals surface area contributed by atoms with Gasteiger partial charge in [-0.2, -0.15) is 0 Å². The predicted molar refractivity (Wildman–Crippen MR) is 148 cm³/mol. The molecule has 7 heteroatoms. The SMILES string of the molecule is Cc1ccc(Cn2c(=O)[nH]c3cc(C(=O)CCCN4CCN(c5ccccc5)CC4)ccc3c2=O)cc1. The number of anilines is 1. The molecule has 0 saturated carbocycles. The summed E-state index contributed by atoms with van der Waals surface area (Å²) in [6, 6.07) is 23.2. The molecular formula is C30H32N4O3. The molecule has 1 fully saturated rings. The molecule has 5 rings (SSSR count). The summed E-state index contributed by atoms with van der Waals surface area (Å²) >= 11 is 0. The van der Waals surface area contributed by atoms with Gasteiger partial charge in [-0.25, -0.2) is 4.79 Å². The smallest absolute Gasteiger partial charge is 0.329 e. The van der Waals surface area contributed by atoms with Gasteiger partial charge in [0, 0.05) is 43.9 Å². The van der Waals surface area contributed by atoms with Gasteiger partial charge in [-0.3, -0.25) is 19.1 Å². The van der Waals surface area contributed by atoms with Crippen molar-refractivity contribution in [2.45, 2.75) is 26.3 Å². The van der Waals surface area contributed by atoms with Crippen LogP contribution in [0.3, 0.4) is 0 Å². The molecule has 4 aromatic rings. The summed E-state index contributed by atoms with van der Waals surface area (Å²) in [5.41, 5.74) is 3.35. The first-order valence-electron chi connectivity index (χ1n) is 12.9. The van der Waals surface area contributed by atoms with Crippen LogP contribution >= 0.6 is 0 Å². The van der Waals surface area contributed by atoms with Gasteiger partial charge in [0.1, 0.15) is 0 Å². The van der Waals surface area contributed by atoms with Crippen LogP contribution in [0.2, 0.25) is 0 Å². The van der Waals surface area contributed by atoms with Gasteiger partial charge < -0.3 is 9.88 Å². The number of H-pyrrole nitrogens is 1. The molecule has 190 valence electrons. The van der Waals surface area contributed by atoms with Crippen molar-refractivity contribution < 1.29 is 4.79 Å². The first kappa shape index (κ1) is 24.7. The van der Waals surface area contributed by atoms with E-state index >= 15 is 0 Å². The average Bonchev–Trinajstić information content (AvgIpc) is 2.92. The minimum atomic E-state index is -0.475. The number of hydrogen-bond donors (Lipinski definition) is 1. The van der Waals surface area contributed by atoms with Crippen LogP contribution in [0.4, 0.5) is 5.69 Å². The van der Waals surface area contributed by atoms with Crippen molar-refractivity contribution >= 4 is 22.4 Å². The monoisotopic (exact) mass is 496 g/mol. The third kappa shape index (κ3) is 5.73. The second-order valence-electron chi connectivity index (χ2n) is 9.76. The van der Waals surface area contributed by atoms with Crippen molar-refractivity contribution in [2.75, 3.05) is 37.6 Å². The topological polar surface area (TPSA) is 78.4 Å². The summed E-state index contributed by atoms with van der Waals surface area (Å²) in [7, 11) is 0. The lowest BCUT2D eigenvalue weighted by Gasteiger charge is -2.36. The number of para-hydroxylation sites is 1. The standard InChI is InChI=1S/C30H32N4O3/c1-22-9-11-23(12-10-22)21-34-29(36)26-14-13-24(20-27(26)31-30(34)37)28(35)8-5-15-32-16-18-33(19-17-32)25-6-3-2-4-7-25/h2-4,6-7,9-14,20H,5,8,15-19,21H2,1H3,(H,31,37). The first-order valence-corrected chi connectivity index (χ1v) is 12.9. The molecule has 0 amide bonds. The average molecular weight is 497 g/mol. The fraction of sp³-hybridized carbons (Fsp3) is 0.300. The number of aryl methyl sites for hydroxylation is 1. The van der Waals surface area contributed by atoms with E-state index in [0.29, 0.717) is 22.9 Å². The zero-order valence-corrected chi connectivity index (χ0v) is 21.2. The Bertz CT molecular complexity index is 1500. The van der Waals surface area contributed by atoms with Gasteiger partial charge in [-0.1, -0.05) is 54.1 Å². The van der Waals surface area contributed by atoms with E-state index in [9.17, 15) is 14.4 Å². The van der Waals surface area contributed by atoms with Crippen LogP contribution in [0.25, 0.3) is 10.9 Å². The molecule has 1 saturated heterocycles. The Morgan fingerprint density at radius 2 is 1.62 bits per heavy atom. The van der Waals surface area contributed by atoms with E-state index in [1.807, 2.05) is 37.3 Å². The maximum Gasteiger partial charge on any atom is 0.329 e. The highest BCUT2D eigenvalue weighted by Gasteiger charge is 2.17. The quantitative estimate of drug-likeness (QED) is 0.375. The molecule has 1 aliphatic heterocycles. The Labute approximate surface area is 216 Å². The third-order valence-corrected chi connectivity index (χ3v) is 7.14. The molecule has 0 spiro atoms. The van der Waals surface area contributed by atoms with Gasteiger partial charge >= 0.3 is 5.69 Å². The van der Waals surface area contributed by atoms with E-state index in [0.717, 1.165) is 50.3 Å². The molecule has 2 heterocycles. The first-order chi connectivity index (χ1) is 18.0. The Morgan fingerprint density at radius 3 is 2.35 bits per heavy atom. The molecule has 0 atom stereocenters. The van der Waals surface area contributed by atoms with Crippen LogP contribution < -0.4 is 16.1 Å². The van der Waals surface area contributed by atoms with Gasteiger partial charge in [0.05, 0.1) is 17.4 Å². The summed E-state index contributed by atoms with van der Waals surface area (Å²) in [5.74, 6) is 0.0227. The van der Waals surface area contributed by atoms with Gasteiger partial charge in [0.2, 0.25) is 0 Å². The van der Waals surface area contributed by atoms with Crippen molar-refractivity contribution in [1.29, 1.82) is 0 Å². The predicted octanol–water partition coefficient (Wildman–Crippen LogP) is 3.83. The summed E-state index contributed by atoms with van der Waals surface area (Å²) in [6.07, 6.45) is 1.20. The maximum absolute atomic E-state index is 13.0. The fourth-order valence-electron chi connectivity index (χ4n) is 4.92. The zero-order valence-electron chi connectivity index (χ0n) is 21.2. The minimum Gasteiger partial charge on any atom is -0.369 e. The molecule has 1 aliphatic rings. The summed E-state index contributed by atoms with van der Waals surface area (Å²) < 4.78 is 1.20. The van der Waals surface area contributed by atoms with Gasteiger partial charge in [-0.05, 0) is 49.7 Å². The third-order valence-electron chi connectivity index (χ3n) is 7.14. The number of ketones is 1. The van der Waals surface area contributed by atoms with E-state index in [-0.39, 0.29) is 17.9 Å². The van der Waals surface area contributed by atoms with Crippen LogP contribution in [0.5, 0.6) is 0 Å². The number of aromatic amines is 1. The summed E-state index contributed by atoms with van der Waals surface area (Å²) in [6.45, 7) is 7.00. The van der Waals surface area contributed by atoms with Crippen molar-refractivity contribution in [1.82, 2.24) is 14.5 Å². The van der Waals surface area contributed by atoms with E-state index < -0.39 is 5.69 Å². The number of piperazine rings is 1. The Balaban J connectivity index is 1.19. The molecular weight excluding hydrogens is 464 g/mol. The second-order valence-corrected chi connectivity index (χ2v) is 9.76. The second kappa shape index (κ2) is 11.0. The highest BCUT2D eigenvalue weighted by molar-refractivity contribution is 5.99. The van der Waals surface area contributed by atoms with E-state index in [1.54, 1.807) is 18.2 Å². The summed E-state index contributed by atoms with van der Waals surface area (Å²) in [4.78, 5) is 46.2. The molecule has 0 radical (unpaired) electrons. The van der Waals surface area contributed by atoms with Crippen LogP contribution in [0.15, 0.2) is 82.4 Å². The van der Waals surface area contributed by atoms with Crippen LogP contribution in [0, 0.1) is 6.92 Å². The van der Waals surface area contributed by atoms with Gasteiger partial charge in [0.15, 0.2) is 5.78 Å². The number of aromatic nitrogens is 2.